The van der Waals surface area contributed by atoms with E-state index in [2.05, 4.69) is 17.6 Å². The van der Waals surface area contributed by atoms with Crippen LogP contribution < -0.4 is 10.6 Å². The van der Waals surface area contributed by atoms with Gasteiger partial charge < -0.3 is 15.7 Å². The first-order valence-corrected chi connectivity index (χ1v) is 6.09. The molecule has 1 saturated heterocycles. The van der Waals surface area contributed by atoms with Crippen molar-refractivity contribution in [2.45, 2.75) is 31.8 Å². The van der Waals surface area contributed by atoms with Gasteiger partial charge in [-0.05, 0) is 38.0 Å². The molecule has 1 amide bonds. The summed E-state index contributed by atoms with van der Waals surface area (Å²) in [6.07, 6.45) is 1.87. The fraction of sp³-hybridized carbons (Fsp3) is 0.462. The number of hydrogen-bond donors (Lipinski definition) is 3. The molecule has 2 unspecified atom stereocenters. The maximum Gasteiger partial charge on any atom is 0.255 e. The lowest BCUT2D eigenvalue weighted by Crippen LogP contribution is -2.48. The van der Waals surface area contributed by atoms with Crippen molar-refractivity contribution >= 4 is 5.91 Å². The third-order valence-corrected chi connectivity index (χ3v) is 3.20. The molecule has 0 aromatic heterocycles. The molecule has 0 saturated carbocycles. The monoisotopic (exact) mass is 252 g/mol. The molecule has 2 atom stereocenters. The van der Waals surface area contributed by atoms with Crippen LogP contribution in [0.4, 0.5) is 4.39 Å². The van der Waals surface area contributed by atoms with Gasteiger partial charge in [-0.15, -0.1) is 0 Å². The maximum absolute atomic E-state index is 13.0. The van der Waals surface area contributed by atoms with E-state index in [0.29, 0.717) is 12.6 Å². The highest BCUT2D eigenvalue weighted by Crippen LogP contribution is 2.18. The Morgan fingerprint density at radius 1 is 1.50 bits per heavy atom. The van der Waals surface area contributed by atoms with Gasteiger partial charge in [-0.2, -0.15) is 0 Å². The quantitative estimate of drug-likeness (QED) is 0.745. The number of nitrogens with one attached hydrogen (secondary N) is 2. The Kier molecular flexibility index (Phi) is 3.81. The zero-order valence-corrected chi connectivity index (χ0v) is 10.2. The van der Waals surface area contributed by atoms with Crippen LogP contribution in [0.5, 0.6) is 5.75 Å². The zero-order chi connectivity index (χ0) is 13.1. The molecule has 0 spiro atoms. The van der Waals surface area contributed by atoms with Gasteiger partial charge in [0.1, 0.15) is 11.6 Å². The molecule has 1 heterocycles. The molecule has 0 aliphatic carbocycles. The number of carbonyl (C=O) groups excluding carboxylic acids is 1. The summed E-state index contributed by atoms with van der Waals surface area (Å²) in [5.74, 6) is -1.17. The summed E-state index contributed by atoms with van der Waals surface area (Å²) in [4.78, 5) is 11.9. The number of phenols is 1. The van der Waals surface area contributed by atoms with Gasteiger partial charge in [0.2, 0.25) is 0 Å². The minimum absolute atomic E-state index is 0.0198. The van der Waals surface area contributed by atoms with Crippen molar-refractivity contribution in [3.05, 3.63) is 29.6 Å². The second-order valence-electron chi connectivity index (χ2n) is 4.72. The maximum atomic E-state index is 13.0. The average molecular weight is 252 g/mol. The fourth-order valence-electron chi connectivity index (χ4n) is 2.08. The van der Waals surface area contributed by atoms with E-state index in [1.165, 1.54) is 6.07 Å². The van der Waals surface area contributed by atoms with Crippen molar-refractivity contribution in [2.24, 2.45) is 0 Å². The molecule has 1 aliphatic rings. The molecule has 0 bridgehead atoms. The largest absolute Gasteiger partial charge is 0.507 e. The summed E-state index contributed by atoms with van der Waals surface area (Å²) in [6.45, 7) is 2.79. The van der Waals surface area contributed by atoms with E-state index < -0.39 is 11.7 Å². The number of carbonyl (C=O) groups is 1. The van der Waals surface area contributed by atoms with Crippen LogP contribution in [-0.4, -0.2) is 29.6 Å². The number of rotatable bonds is 2. The molecule has 18 heavy (non-hydrogen) atoms. The number of phenolic OH excluding ortho intramolecular Hbond substituents is 1. The molecular formula is C13H17FN2O2. The van der Waals surface area contributed by atoms with Gasteiger partial charge >= 0.3 is 0 Å². The third-order valence-electron chi connectivity index (χ3n) is 3.20. The Bertz CT molecular complexity index is 443. The van der Waals surface area contributed by atoms with Gasteiger partial charge in [0, 0.05) is 18.6 Å². The van der Waals surface area contributed by atoms with Gasteiger partial charge in [-0.3, -0.25) is 4.79 Å². The number of aromatic hydroxyl groups is 1. The number of benzene rings is 1. The van der Waals surface area contributed by atoms with Crippen molar-refractivity contribution in [3.8, 4) is 5.75 Å². The van der Waals surface area contributed by atoms with E-state index in [1.807, 2.05) is 0 Å². The Balaban J connectivity index is 2.01. The van der Waals surface area contributed by atoms with Crippen LogP contribution in [0.25, 0.3) is 0 Å². The van der Waals surface area contributed by atoms with Gasteiger partial charge in [-0.25, -0.2) is 4.39 Å². The lowest BCUT2D eigenvalue weighted by atomic mass is 10.0. The van der Waals surface area contributed by atoms with Crippen LogP contribution in [0.15, 0.2) is 18.2 Å². The Labute approximate surface area is 105 Å². The van der Waals surface area contributed by atoms with Gasteiger partial charge in [0.05, 0.1) is 5.56 Å². The average Bonchev–Trinajstić information content (AvgIpc) is 2.35. The lowest BCUT2D eigenvalue weighted by Gasteiger charge is -2.28. The molecular weight excluding hydrogens is 235 g/mol. The SMILES string of the molecule is CC1CCC(NC(=O)c2cc(F)ccc2O)CN1. The minimum Gasteiger partial charge on any atom is -0.507 e. The Morgan fingerprint density at radius 2 is 2.28 bits per heavy atom. The molecule has 1 fully saturated rings. The van der Waals surface area contributed by atoms with E-state index >= 15 is 0 Å². The summed E-state index contributed by atoms with van der Waals surface area (Å²) in [7, 11) is 0. The first-order chi connectivity index (χ1) is 8.56. The number of halogens is 1. The van der Waals surface area contributed by atoms with Gasteiger partial charge in [-0.1, -0.05) is 0 Å². The Morgan fingerprint density at radius 3 is 2.94 bits per heavy atom. The molecule has 2 rings (SSSR count). The predicted octanol–water partition coefficient (Wildman–Crippen LogP) is 1.40. The fourth-order valence-corrected chi connectivity index (χ4v) is 2.08. The lowest BCUT2D eigenvalue weighted by molar-refractivity contribution is 0.0924. The normalized spacial score (nSPS) is 23.7. The molecule has 1 aliphatic heterocycles. The van der Waals surface area contributed by atoms with Crippen LogP contribution in [0.1, 0.15) is 30.1 Å². The number of hydrogen-bond acceptors (Lipinski definition) is 3. The summed E-state index contributed by atoms with van der Waals surface area (Å²) >= 11 is 0. The van der Waals surface area contributed by atoms with Crippen LogP contribution in [0.2, 0.25) is 0 Å². The highest BCUT2D eigenvalue weighted by Gasteiger charge is 2.21. The number of amides is 1. The van der Waals surface area contributed by atoms with E-state index in [-0.39, 0.29) is 17.4 Å². The summed E-state index contributed by atoms with van der Waals surface area (Å²) in [5, 5.41) is 15.6. The zero-order valence-electron chi connectivity index (χ0n) is 10.2. The standard InChI is InChI=1S/C13H17FN2O2/c1-8-2-4-10(7-15-8)16-13(18)11-6-9(14)3-5-12(11)17/h3,5-6,8,10,15,17H,2,4,7H2,1H3,(H,16,18). The van der Waals surface area contributed by atoms with E-state index in [0.717, 1.165) is 25.0 Å². The summed E-state index contributed by atoms with van der Waals surface area (Å²) in [6, 6.07) is 3.84. The highest BCUT2D eigenvalue weighted by molar-refractivity contribution is 5.97. The molecule has 1 aromatic rings. The van der Waals surface area contributed by atoms with E-state index in [4.69, 9.17) is 0 Å². The highest BCUT2D eigenvalue weighted by atomic mass is 19.1. The molecule has 1 aromatic carbocycles. The van der Waals surface area contributed by atoms with Crippen molar-refractivity contribution in [3.63, 3.8) is 0 Å². The predicted molar refractivity (Wildman–Crippen MR) is 66.0 cm³/mol. The number of piperidine rings is 1. The first kappa shape index (κ1) is 12.8. The molecule has 0 radical (unpaired) electrons. The van der Waals surface area contributed by atoms with E-state index in [1.54, 1.807) is 0 Å². The molecule has 4 nitrogen and oxygen atoms in total. The Hall–Kier alpha value is -1.62. The second kappa shape index (κ2) is 5.35. The topological polar surface area (TPSA) is 61.4 Å². The van der Waals surface area contributed by atoms with Crippen LogP contribution in [-0.2, 0) is 0 Å². The second-order valence-corrected chi connectivity index (χ2v) is 4.72. The van der Waals surface area contributed by atoms with Crippen molar-refractivity contribution in [1.82, 2.24) is 10.6 Å². The van der Waals surface area contributed by atoms with Crippen molar-refractivity contribution in [2.75, 3.05) is 6.54 Å². The van der Waals surface area contributed by atoms with Gasteiger partial charge in [0.25, 0.3) is 5.91 Å². The smallest absolute Gasteiger partial charge is 0.255 e. The van der Waals surface area contributed by atoms with Gasteiger partial charge in [0.15, 0.2) is 0 Å². The van der Waals surface area contributed by atoms with Crippen molar-refractivity contribution < 1.29 is 14.3 Å². The molecule has 3 N–H and O–H groups in total. The minimum atomic E-state index is -0.534. The molecule has 98 valence electrons. The van der Waals surface area contributed by atoms with E-state index in [9.17, 15) is 14.3 Å². The van der Waals surface area contributed by atoms with Crippen LogP contribution in [0, 0.1) is 5.82 Å². The van der Waals surface area contributed by atoms with Crippen LogP contribution in [0.3, 0.4) is 0 Å². The first-order valence-electron chi connectivity index (χ1n) is 6.09. The summed E-state index contributed by atoms with van der Waals surface area (Å²) < 4.78 is 13.0. The third kappa shape index (κ3) is 2.98. The van der Waals surface area contributed by atoms with Crippen molar-refractivity contribution in [1.29, 1.82) is 0 Å². The molecule has 5 heteroatoms. The van der Waals surface area contributed by atoms with Crippen LogP contribution >= 0.6 is 0 Å². The summed E-state index contributed by atoms with van der Waals surface area (Å²) in [5.41, 5.74) is -0.0198.